The third-order valence-corrected chi connectivity index (χ3v) is 2.73. The van der Waals surface area contributed by atoms with Gasteiger partial charge in [0.25, 0.3) is 0 Å². The molecule has 0 fully saturated rings. The van der Waals surface area contributed by atoms with Crippen molar-refractivity contribution in [3.05, 3.63) is 34.9 Å². The second kappa shape index (κ2) is 4.58. The van der Waals surface area contributed by atoms with Crippen LogP contribution in [0.5, 0.6) is 0 Å². The van der Waals surface area contributed by atoms with Crippen molar-refractivity contribution in [2.24, 2.45) is 11.5 Å². The van der Waals surface area contributed by atoms with E-state index in [4.69, 9.17) is 11.5 Å². The first-order valence-electron chi connectivity index (χ1n) is 5.14. The van der Waals surface area contributed by atoms with Crippen molar-refractivity contribution in [2.45, 2.75) is 39.3 Å². The van der Waals surface area contributed by atoms with Crippen LogP contribution in [0.15, 0.2) is 18.2 Å². The van der Waals surface area contributed by atoms with Crippen molar-refractivity contribution in [2.75, 3.05) is 0 Å². The molecule has 0 aliphatic carbocycles. The molecule has 0 bridgehead atoms. The van der Waals surface area contributed by atoms with Crippen molar-refractivity contribution < 1.29 is 0 Å². The molecule has 4 N–H and O–H groups in total. The molecular weight excluding hydrogens is 172 g/mol. The largest absolute Gasteiger partial charge is 0.326 e. The normalized spacial score (nSPS) is 15.2. The van der Waals surface area contributed by atoms with E-state index in [0.29, 0.717) is 0 Å². The molecule has 2 nitrogen and oxygen atoms in total. The number of hydrogen-bond donors (Lipinski definition) is 2. The third kappa shape index (κ3) is 2.34. The Morgan fingerprint density at radius 3 is 2.43 bits per heavy atom. The van der Waals surface area contributed by atoms with E-state index in [-0.39, 0.29) is 12.1 Å². The third-order valence-electron chi connectivity index (χ3n) is 2.73. The topological polar surface area (TPSA) is 52.0 Å². The molecule has 0 saturated carbocycles. The van der Waals surface area contributed by atoms with Gasteiger partial charge in [0.1, 0.15) is 0 Å². The van der Waals surface area contributed by atoms with Gasteiger partial charge < -0.3 is 11.5 Å². The molecule has 0 spiro atoms. The molecule has 0 radical (unpaired) electrons. The molecule has 2 heteroatoms. The molecule has 1 aromatic carbocycles. The summed E-state index contributed by atoms with van der Waals surface area (Å²) in [6.07, 6.45) is 0.911. The first kappa shape index (κ1) is 11.2. The zero-order chi connectivity index (χ0) is 10.7. The summed E-state index contributed by atoms with van der Waals surface area (Å²) < 4.78 is 0. The maximum atomic E-state index is 6.09. The lowest BCUT2D eigenvalue weighted by Crippen LogP contribution is -2.33. The number of nitrogens with two attached hydrogens (primary N) is 2. The van der Waals surface area contributed by atoms with Crippen molar-refractivity contribution in [3.63, 3.8) is 0 Å². The van der Waals surface area contributed by atoms with Crippen molar-refractivity contribution in [1.29, 1.82) is 0 Å². The van der Waals surface area contributed by atoms with Gasteiger partial charge in [0.05, 0.1) is 0 Å². The van der Waals surface area contributed by atoms with Crippen LogP contribution in [0.2, 0.25) is 0 Å². The highest BCUT2D eigenvalue weighted by Gasteiger charge is 2.15. The van der Waals surface area contributed by atoms with Gasteiger partial charge >= 0.3 is 0 Å². The summed E-state index contributed by atoms with van der Waals surface area (Å²) in [4.78, 5) is 0. The fourth-order valence-corrected chi connectivity index (χ4v) is 1.60. The minimum Gasteiger partial charge on any atom is -0.326 e. The van der Waals surface area contributed by atoms with Crippen LogP contribution < -0.4 is 11.5 Å². The van der Waals surface area contributed by atoms with E-state index in [2.05, 4.69) is 39.0 Å². The molecule has 78 valence electrons. The highest BCUT2D eigenvalue weighted by atomic mass is 14.8. The molecule has 0 heterocycles. The quantitative estimate of drug-likeness (QED) is 0.770. The Morgan fingerprint density at radius 2 is 1.86 bits per heavy atom. The molecule has 0 aliphatic heterocycles. The van der Waals surface area contributed by atoms with Gasteiger partial charge in [-0.05, 0) is 31.4 Å². The molecule has 1 rings (SSSR count). The summed E-state index contributed by atoms with van der Waals surface area (Å²) in [6, 6.07) is 6.35. The van der Waals surface area contributed by atoms with Crippen LogP contribution in [0.1, 0.15) is 36.1 Å². The molecule has 2 atom stereocenters. The zero-order valence-electron chi connectivity index (χ0n) is 9.25. The van der Waals surface area contributed by atoms with Crippen LogP contribution >= 0.6 is 0 Å². The van der Waals surface area contributed by atoms with Gasteiger partial charge in [-0.1, -0.05) is 30.7 Å². The lowest BCUT2D eigenvalue weighted by Gasteiger charge is -2.21. The maximum Gasteiger partial charge on any atom is 0.0451 e. The smallest absolute Gasteiger partial charge is 0.0451 e. The number of aryl methyl sites for hydroxylation is 2. The number of benzene rings is 1. The van der Waals surface area contributed by atoms with E-state index >= 15 is 0 Å². The minimum absolute atomic E-state index is 0.0418. The van der Waals surface area contributed by atoms with E-state index in [0.717, 1.165) is 6.42 Å². The van der Waals surface area contributed by atoms with Crippen LogP contribution in [-0.2, 0) is 0 Å². The molecule has 14 heavy (non-hydrogen) atoms. The molecule has 0 unspecified atom stereocenters. The Balaban J connectivity index is 2.99. The average molecular weight is 192 g/mol. The highest BCUT2D eigenvalue weighted by Crippen LogP contribution is 2.20. The summed E-state index contributed by atoms with van der Waals surface area (Å²) in [5.41, 5.74) is 15.7. The average Bonchev–Trinajstić information content (AvgIpc) is 2.19. The Kier molecular flexibility index (Phi) is 3.67. The lowest BCUT2D eigenvalue weighted by atomic mass is 9.94. The fourth-order valence-electron chi connectivity index (χ4n) is 1.60. The van der Waals surface area contributed by atoms with E-state index in [1.54, 1.807) is 0 Å². The van der Waals surface area contributed by atoms with Crippen molar-refractivity contribution >= 4 is 0 Å². The summed E-state index contributed by atoms with van der Waals surface area (Å²) in [5.74, 6) is 0. The lowest BCUT2D eigenvalue weighted by molar-refractivity contribution is 0.530. The van der Waals surface area contributed by atoms with Crippen molar-refractivity contribution in [3.8, 4) is 0 Å². The van der Waals surface area contributed by atoms with Gasteiger partial charge in [-0.25, -0.2) is 0 Å². The molecule has 0 saturated heterocycles. The fraction of sp³-hybridized carbons (Fsp3) is 0.500. The SMILES string of the molecule is CC[C@H](N)[C@@H](N)c1cc(C)ccc1C. The summed E-state index contributed by atoms with van der Waals surface area (Å²) in [7, 11) is 0. The molecule has 0 amide bonds. The Hall–Kier alpha value is -0.860. The second-order valence-electron chi connectivity index (χ2n) is 3.96. The van der Waals surface area contributed by atoms with Crippen LogP contribution in [-0.4, -0.2) is 6.04 Å². The predicted octanol–water partition coefficient (Wildman–Crippen LogP) is 2.04. The zero-order valence-corrected chi connectivity index (χ0v) is 9.25. The molecular formula is C12H20N2. The number of rotatable bonds is 3. The first-order valence-corrected chi connectivity index (χ1v) is 5.14. The Morgan fingerprint density at radius 1 is 1.21 bits per heavy atom. The maximum absolute atomic E-state index is 6.09. The van der Waals surface area contributed by atoms with Crippen LogP contribution in [0, 0.1) is 13.8 Å². The Labute approximate surface area is 86.3 Å². The van der Waals surface area contributed by atoms with Gasteiger partial charge in [-0.3, -0.25) is 0 Å². The van der Waals surface area contributed by atoms with E-state index < -0.39 is 0 Å². The van der Waals surface area contributed by atoms with Gasteiger partial charge in [0.15, 0.2) is 0 Å². The van der Waals surface area contributed by atoms with Crippen LogP contribution in [0.25, 0.3) is 0 Å². The van der Waals surface area contributed by atoms with Crippen molar-refractivity contribution in [1.82, 2.24) is 0 Å². The van der Waals surface area contributed by atoms with Crippen LogP contribution in [0.4, 0.5) is 0 Å². The molecule has 1 aromatic rings. The highest BCUT2D eigenvalue weighted by molar-refractivity contribution is 5.33. The number of hydrogen-bond acceptors (Lipinski definition) is 2. The van der Waals surface area contributed by atoms with Gasteiger partial charge in [0.2, 0.25) is 0 Å². The second-order valence-corrected chi connectivity index (χ2v) is 3.96. The summed E-state index contributed by atoms with van der Waals surface area (Å²) in [5, 5.41) is 0. The minimum atomic E-state index is -0.0418. The Bertz CT molecular complexity index is 307. The summed E-state index contributed by atoms with van der Waals surface area (Å²) >= 11 is 0. The van der Waals surface area contributed by atoms with E-state index in [9.17, 15) is 0 Å². The van der Waals surface area contributed by atoms with Crippen LogP contribution in [0.3, 0.4) is 0 Å². The first-order chi connectivity index (χ1) is 6.56. The van der Waals surface area contributed by atoms with E-state index in [1.165, 1.54) is 16.7 Å². The predicted molar refractivity (Wildman–Crippen MR) is 61.1 cm³/mol. The van der Waals surface area contributed by atoms with E-state index in [1.807, 2.05) is 0 Å². The van der Waals surface area contributed by atoms with Gasteiger partial charge in [-0.15, -0.1) is 0 Å². The van der Waals surface area contributed by atoms with Gasteiger partial charge in [-0.2, -0.15) is 0 Å². The monoisotopic (exact) mass is 192 g/mol. The molecule has 0 aliphatic rings. The van der Waals surface area contributed by atoms with Gasteiger partial charge in [0, 0.05) is 12.1 Å². The molecule has 0 aromatic heterocycles. The summed E-state index contributed by atoms with van der Waals surface area (Å²) in [6.45, 7) is 6.22. The standard InChI is InChI=1S/C12H20N2/c1-4-11(13)12(14)10-7-8(2)5-6-9(10)3/h5-7,11-12H,4,13-14H2,1-3H3/t11-,12-/m0/s1.